The number of rotatable bonds is 4. The summed E-state index contributed by atoms with van der Waals surface area (Å²) in [7, 11) is 3.71. The van der Waals surface area contributed by atoms with Gasteiger partial charge < -0.3 is 33.3 Å². The van der Waals surface area contributed by atoms with Crippen LogP contribution in [-0.4, -0.2) is 17.6 Å². The first-order valence-electron chi connectivity index (χ1n) is 11.3. The second-order valence-corrected chi connectivity index (χ2v) is 9.54. The lowest BCUT2D eigenvalue weighted by Gasteiger charge is -2.31. The third-order valence-electron chi connectivity index (χ3n) is 6.38. The number of halogens is 1. The molecule has 2 aromatic heterocycles. The number of methoxy groups -OCH3 is 1. The standard InChI is InChI=1S/C28H24N3O2S.HI/c1-29-15-13-23-21(18-29)20-17-19(33-2)11-12-22(20)30(23)16-14-28(32)31-24-7-3-5-9-26(24)34-27-10-6-4-8-25(27)31;/h3-13,15,17-18H,14,16H2,1-2H3;1H/q+1;/p-1. The minimum absolute atomic E-state index is 0. The molecule has 0 unspecified atom stereocenters. The number of benzene rings is 3. The molecule has 0 atom stereocenters. The van der Waals surface area contributed by atoms with Gasteiger partial charge in [0.25, 0.3) is 0 Å². The molecule has 0 aliphatic carbocycles. The number of aryl methyl sites for hydroxylation is 2. The molecule has 0 spiro atoms. The second kappa shape index (κ2) is 9.54. The first kappa shape index (κ1) is 23.7. The lowest BCUT2D eigenvalue weighted by atomic mass is 10.2. The maximum atomic E-state index is 13.7. The monoisotopic (exact) mass is 593 g/mol. The van der Waals surface area contributed by atoms with Crippen molar-refractivity contribution in [2.45, 2.75) is 22.8 Å². The largest absolute Gasteiger partial charge is 1.00 e. The van der Waals surface area contributed by atoms with E-state index in [9.17, 15) is 4.79 Å². The van der Waals surface area contributed by atoms with Gasteiger partial charge >= 0.3 is 0 Å². The molecule has 3 aromatic carbocycles. The second-order valence-electron chi connectivity index (χ2n) is 8.46. The molecule has 1 aliphatic rings. The van der Waals surface area contributed by atoms with Crippen LogP contribution in [0.3, 0.4) is 0 Å². The van der Waals surface area contributed by atoms with Crippen LogP contribution in [-0.2, 0) is 18.4 Å². The molecule has 3 heterocycles. The van der Waals surface area contributed by atoms with Crippen LogP contribution >= 0.6 is 11.8 Å². The summed E-state index contributed by atoms with van der Waals surface area (Å²) >= 11 is 1.71. The molecule has 176 valence electrons. The summed E-state index contributed by atoms with van der Waals surface area (Å²) < 4.78 is 9.78. The molecular weight excluding hydrogens is 569 g/mol. The predicted octanol–water partition coefficient (Wildman–Crippen LogP) is 2.85. The van der Waals surface area contributed by atoms with E-state index in [1.165, 1.54) is 0 Å². The maximum Gasteiger partial charge on any atom is 0.233 e. The number of aromatic nitrogens is 2. The molecule has 0 bridgehead atoms. The zero-order valence-corrected chi connectivity index (χ0v) is 22.4. The van der Waals surface area contributed by atoms with E-state index in [0.29, 0.717) is 13.0 Å². The number of carbonyl (C=O) groups is 1. The van der Waals surface area contributed by atoms with Gasteiger partial charge in [0.15, 0.2) is 12.4 Å². The third kappa shape index (κ3) is 4.06. The van der Waals surface area contributed by atoms with Crippen LogP contribution in [0.15, 0.2) is 95.0 Å². The number of hydrogen-bond acceptors (Lipinski definition) is 3. The van der Waals surface area contributed by atoms with Gasteiger partial charge in [-0.3, -0.25) is 9.69 Å². The Balaban J connectivity index is 0.00000253. The maximum absolute atomic E-state index is 13.7. The van der Waals surface area contributed by atoms with E-state index >= 15 is 0 Å². The highest BCUT2D eigenvalue weighted by Gasteiger charge is 2.28. The van der Waals surface area contributed by atoms with E-state index in [-0.39, 0.29) is 29.9 Å². The normalized spacial score (nSPS) is 12.2. The highest BCUT2D eigenvalue weighted by molar-refractivity contribution is 7.99. The summed E-state index contributed by atoms with van der Waals surface area (Å²) in [6.07, 6.45) is 4.56. The van der Waals surface area contributed by atoms with Crippen LogP contribution in [0.25, 0.3) is 21.8 Å². The van der Waals surface area contributed by atoms with Gasteiger partial charge in [-0.15, -0.1) is 0 Å². The Bertz CT molecular complexity index is 1530. The lowest BCUT2D eigenvalue weighted by Crippen LogP contribution is -3.00. The van der Waals surface area contributed by atoms with E-state index in [2.05, 4.69) is 45.7 Å². The number of hydrogen-bond donors (Lipinski definition) is 0. The summed E-state index contributed by atoms with van der Waals surface area (Å²) in [5, 5.41) is 2.28. The van der Waals surface area contributed by atoms with Gasteiger partial charge in [-0.2, -0.15) is 0 Å². The highest BCUT2D eigenvalue weighted by Crippen LogP contribution is 2.48. The zero-order chi connectivity index (χ0) is 23.2. The van der Waals surface area contributed by atoms with Crippen molar-refractivity contribution in [1.29, 1.82) is 0 Å². The van der Waals surface area contributed by atoms with E-state index in [4.69, 9.17) is 4.74 Å². The number of nitrogens with zero attached hydrogens (tertiary/aromatic N) is 3. The molecule has 0 saturated carbocycles. The average Bonchev–Trinajstić information content (AvgIpc) is 3.17. The first-order valence-corrected chi connectivity index (χ1v) is 12.1. The minimum atomic E-state index is 0. The van der Waals surface area contributed by atoms with Gasteiger partial charge in [0.1, 0.15) is 12.8 Å². The first-order chi connectivity index (χ1) is 16.6. The van der Waals surface area contributed by atoms with Crippen molar-refractivity contribution >= 4 is 50.8 Å². The van der Waals surface area contributed by atoms with Crippen molar-refractivity contribution in [1.82, 2.24) is 4.57 Å². The van der Waals surface area contributed by atoms with E-state index in [1.54, 1.807) is 18.9 Å². The summed E-state index contributed by atoms with van der Waals surface area (Å²) in [5.74, 6) is 0.915. The van der Waals surface area contributed by atoms with E-state index in [1.807, 2.05) is 60.6 Å². The van der Waals surface area contributed by atoms with Crippen molar-refractivity contribution in [2.24, 2.45) is 7.05 Å². The number of ether oxygens (including phenoxy) is 1. The van der Waals surface area contributed by atoms with Crippen LogP contribution in [0.2, 0.25) is 0 Å². The van der Waals surface area contributed by atoms with Gasteiger partial charge in [-0.25, -0.2) is 4.57 Å². The lowest BCUT2D eigenvalue weighted by molar-refractivity contribution is -0.670. The topological polar surface area (TPSA) is 38.4 Å². The fraction of sp³-hybridized carbons (Fsp3) is 0.143. The Morgan fingerprint density at radius 1 is 0.914 bits per heavy atom. The van der Waals surface area contributed by atoms with Gasteiger partial charge in [0.05, 0.1) is 29.4 Å². The number of pyridine rings is 1. The summed E-state index contributed by atoms with van der Waals surface area (Å²) in [4.78, 5) is 17.8. The summed E-state index contributed by atoms with van der Waals surface area (Å²) in [6, 6.07) is 24.5. The number of anilines is 2. The molecule has 1 amide bonds. The minimum Gasteiger partial charge on any atom is -1.00 e. The quantitative estimate of drug-likeness (QED) is 0.238. The van der Waals surface area contributed by atoms with Gasteiger partial charge in [0.2, 0.25) is 5.91 Å². The van der Waals surface area contributed by atoms with E-state index in [0.717, 1.165) is 48.7 Å². The van der Waals surface area contributed by atoms with Crippen LogP contribution in [0, 0.1) is 0 Å². The molecule has 0 radical (unpaired) electrons. The molecular formula is C28H24IN3O2S. The average molecular weight is 593 g/mol. The smallest absolute Gasteiger partial charge is 0.233 e. The molecule has 5 aromatic rings. The van der Waals surface area contributed by atoms with Crippen molar-refractivity contribution < 1.29 is 38.1 Å². The fourth-order valence-electron chi connectivity index (χ4n) is 4.79. The van der Waals surface area contributed by atoms with Crippen molar-refractivity contribution in [3.63, 3.8) is 0 Å². The third-order valence-corrected chi connectivity index (χ3v) is 7.51. The Morgan fingerprint density at radius 2 is 1.57 bits per heavy atom. The summed E-state index contributed by atoms with van der Waals surface area (Å²) in [6.45, 7) is 0.590. The number of para-hydroxylation sites is 2. The fourth-order valence-corrected chi connectivity index (χ4v) is 5.85. The predicted molar refractivity (Wildman–Crippen MR) is 136 cm³/mol. The number of amides is 1. The number of fused-ring (bicyclic) bond motifs is 5. The molecule has 0 fully saturated rings. The van der Waals surface area contributed by atoms with Crippen LogP contribution in [0.1, 0.15) is 6.42 Å². The summed E-state index contributed by atoms with van der Waals surface area (Å²) in [5.41, 5.74) is 4.12. The molecule has 1 aliphatic heterocycles. The Morgan fingerprint density at radius 3 is 2.26 bits per heavy atom. The molecule has 7 heteroatoms. The number of carbonyl (C=O) groups excluding carboxylic acids is 1. The Labute approximate surface area is 225 Å². The SMILES string of the molecule is COc1ccc2c(c1)c1c[n+](C)ccc1n2CCC(=O)N1c2ccccc2Sc2ccccc21.[I-]. The Hall–Kier alpha value is -3.04. The van der Waals surface area contributed by atoms with Gasteiger partial charge in [-0.1, -0.05) is 36.0 Å². The molecule has 5 nitrogen and oxygen atoms in total. The van der Waals surface area contributed by atoms with E-state index < -0.39 is 0 Å². The Kier molecular flexibility index (Phi) is 6.46. The molecule has 35 heavy (non-hydrogen) atoms. The highest BCUT2D eigenvalue weighted by atomic mass is 127. The van der Waals surface area contributed by atoms with Gasteiger partial charge in [0, 0.05) is 39.7 Å². The van der Waals surface area contributed by atoms with Crippen LogP contribution < -0.4 is 38.2 Å². The molecule has 6 rings (SSSR count). The molecule has 0 saturated heterocycles. The van der Waals surface area contributed by atoms with Crippen molar-refractivity contribution in [3.05, 3.63) is 85.2 Å². The van der Waals surface area contributed by atoms with Crippen LogP contribution in [0.5, 0.6) is 5.75 Å². The van der Waals surface area contributed by atoms with Crippen LogP contribution in [0.4, 0.5) is 11.4 Å². The van der Waals surface area contributed by atoms with Gasteiger partial charge in [-0.05, 0) is 42.5 Å². The van der Waals surface area contributed by atoms with Crippen molar-refractivity contribution in [3.8, 4) is 5.75 Å². The zero-order valence-electron chi connectivity index (χ0n) is 19.4. The molecule has 0 N–H and O–H groups in total. The van der Waals surface area contributed by atoms with Crippen molar-refractivity contribution in [2.75, 3.05) is 12.0 Å².